The van der Waals surface area contributed by atoms with Crippen LogP contribution in [0.25, 0.3) is 0 Å². The number of terminal acetylenes is 1. The molecule has 0 aliphatic carbocycles. The van der Waals surface area contributed by atoms with E-state index in [9.17, 15) is 4.79 Å². The summed E-state index contributed by atoms with van der Waals surface area (Å²) in [5.41, 5.74) is 1.83. The maximum atomic E-state index is 12.5. The predicted octanol–water partition coefficient (Wildman–Crippen LogP) is 2.50. The van der Waals surface area contributed by atoms with E-state index in [1.807, 2.05) is 36.1 Å². The van der Waals surface area contributed by atoms with E-state index in [1.165, 1.54) is 0 Å². The van der Waals surface area contributed by atoms with Crippen LogP contribution in [0, 0.1) is 25.2 Å². The van der Waals surface area contributed by atoms with Gasteiger partial charge in [0.15, 0.2) is 0 Å². The summed E-state index contributed by atoms with van der Waals surface area (Å²) in [5, 5.41) is 0. The molecule has 1 heterocycles. The second-order valence-electron chi connectivity index (χ2n) is 5.29. The van der Waals surface area contributed by atoms with E-state index in [0.717, 1.165) is 37.1 Å². The van der Waals surface area contributed by atoms with Crippen LogP contribution in [-0.4, -0.2) is 37.1 Å². The Morgan fingerprint density at radius 1 is 1.50 bits per heavy atom. The molecule has 20 heavy (non-hydrogen) atoms. The highest BCUT2D eigenvalue weighted by molar-refractivity contribution is 5.95. The lowest BCUT2D eigenvalue weighted by atomic mass is 9.97. The molecule has 1 aliphatic rings. The van der Waals surface area contributed by atoms with Gasteiger partial charge in [0.25, 0.3) is 5.91 Å². The van der Waals surface area contributed by atoms with Crippen LogP contribution in [0.3, 0.4) is 0 Å². The fourth-order valence-electron chi connectivity index (χ4n) is 2.65. The summed E-state index contributed by atoms with van der Waals surface area (Å²) in [5.74, 6) is 2.99. The summed E-state index contributed by atoms with van der Waals surface area (Å²) in [6, 6.07) is 7.75. The molecule has 1 aromatic carbocycles. The summed E-state index contributed by atoms with van der Waals surface area (Å²) in [6.07, 6.45) is 7.30. The van der Waals surface area contributed by atoms with Crippen molar-refractivity contribution in [2.45, 2.75) is 19.8 Å². The van der Waals surface area contributed by atoms with E-state index in [0.29, 0.717) is 19.1 Å². The zero-order chi connectivity index (χ0) is 14.4. The number of hydrogen-bond donors (Lipinski definition) is 0. The molecular formula is C17H21NO2. The van der Waals surface area contributed by atoms with Crippen LogP contribution >= 0.6 is 0 Å². The Morgan fingerprint density at radius 2 is 2.30 bits per heavy atom. The van der Waals surface area contributed by atoms with Crippen molar-refractivity contribution in [3.63, 3.8) is 0 Å². The topological polar surface area (TPSA) is 29.5 Å². The third kappa shape index (κ3) is 3.61. The summed E-state index contributed by atoms with van der Waals surface area (Å²) in [4.78, 5) is 14.5. The van der Waals surface area contributed by atoms with Crippen LogP contribution < -0.4 is 0 Å². The van der Waals surface area contributed by atoms with Crippen molar-refractivity contribution in [1.29, 1.82) is 0 Å². The molecule has 3 heteroatoms. The number of aryl methyl sites for hydroxylation is 1. The van der Waals surface area contributed by atoms with Gasteiger partial charge < -0.3 is 9.64 Å². The van der Waals surface area contributed by atoms with Gasteiger partial charge in [-0.05, 0) is 31.4 Å². The number of rotatable bonds is 4. The Labute approximate surface area is 120 Å². The van der Waals surface area contributed by atoms with Gasteiger partial charge in [-0.2, -0.15) is 0 Å². The first-order chi connectivity index (χ1) is 9.72. The SMILES string of the molecule is C#CCOCC1CCCN(C(=O)c2ccccc2C)C1. The number of amides is 1. The summed E-state index contributed by atoms with van der Waals surface area (Å²) >= 11 is 0. The van der Waals surface area contributed by atoms with Crippen molar-refractivity contribution >= 4 is 5.91 Å². The zero-order valence-corrected chi connectivity index (χ0v) is 12.0. The molecule has 106 valence electrons. The van der Waals surface area contributed by atoms with Gasteiger partial charge in [0.05, 0.1) is 6.61 Å². The van der Waals surface area contributed by atoms with Gasteiger partial charge in [0.1, 0.15) is 6.61 Å². The van der Waals surface area contributed by atoms with Crippen molar-refractivity contribution in [2.24, 2.45) is 5.92 Å². The predicted molar refractivity (Wildman–Crippen MR) is 79.5 cm³/mol. The Kier molecular flexibility index (Phi) is 5.20. The van der Waals surface area contributed by atoms with E-state index in [-0.39, 0.29) is 5.91 Å². The number of benzene rings is 1. The molecule has 1 aliphatic heterocycles. The summed E-state index contributed by atoms with van der Waals surface area (Å²) in [6.45, 7) is 4.56. The molecule has 0 radical (unpaired) electrons. The second-order valence-corrected chi connectivity index (χ2v) is 5.29. The van der Waals surface area contributed by atoms with E-state index < -0.39 is 0 Å². The Bertz CT molecular complexity index is 504. The number of likely N-dealkylation sites (tertiary alicyclic amines) is 1. The molecule has 0 spiro atoms. The molecule has 3 nitrogen and oxygen atoms in total. The standard InChI is InChI=1S/C17H21NO2/c1-3-11-20-13-15-8-6-10-18(12-15)17(19)16-9-5-4-7-14(16)2/h1,4-5,7,9,15H,6,8,10-13H2,2H3. The Balaban J connectivity index is 1.97. The van der Waals surface area contributed by atoms with Gasteiger partial charge in [0.2, 0.25) is 0 Å². The first-order valence-corrected chi connectivity index (χ1v) is 7.08. The minimum Gasteiger partial charge on any atom is -0.368 e. The monoisotopic (exact) mass is 271 g/mol. The van der Waals surface area contributed by atoms with E-state index in [2.05, 4.69) is 5.92 Å². The fourth-order valence-corrected chi connectivity index (χ4v) is 2.65. The van der Waals surface area contributed by atoms with Crippen LogP contribution in [0.1, 0.15) is 28.8 Å². The lowest BCUT2D eigenvalue weighted by Crippen LogP contribution is -2.41. The largest absolute Gasteiger partial charge is 0.368 e. The highest BCUT2D eigenvalue weighted by Gasteiger charge is 2.25. The third-order valence-electron chi connectivity index (χ3n) is 3.72. The van der Waals surface area contributed by atoms with E-state index >= 15 is 0 Å². The summed E-state index contributed by atoms with van der Waals surface area (Å²) < 4.78 is 5.41. The van der Waals surface area contributed by atoms with Crippen LogP contribution in [0.5, 0.6) is 0 Å². The van der Waals surface area contributed by atoms with Gasteiger partial charge in [-0.1, -0.05) is 24.1 Å². The minimum absolute atomic E-state index is 0.129. The third-order valence-corrected chi connectivity index (χ3v) is 3.72. The molecule has 1 unspecified atom stereocenters. The normalized spacial score (nSPS) is 18.6. The fraction of sp³-hybridized carbons (Fsp3) is 0.471. The second kappa shape index (κ2) is 7.12. The first kappa shape index (κ1) is 14.6. The molecule has 1 atom stereocenters. The highest BCUT2D eigenvalue weighted by atomic mass is 16.5. The molecule has 0 N–H and O–H groups in total. The molecule has 1 amide bonds. The smallest absolute Gasteiger partial charge is 0.254 e. The van der Waals surface area contributed by atoms with Crippen LogP contribution in [0.2, 0.25) is 0 Å². The van der Waals surface area contributed by atoms with E-state index in [4.69, 9.17) is 11.2 Å². The van der Waals surface area contributed by atoms with Crippen molar-refractivity contribution in [3.05, 3.63) is 35.4 Å². The Hall–Kier alpha value is -1.79. The minimum atomic E-state index is 0.129. The molecule has 1 saturated heterocycles. The summed E-state index contributed by atoms with van der Waals surface area (Å²) in [7, 11) is 0. The molecule has 0 bridgehead atoms. The maximum Gasteiger partial charge on any atom is 0.254 e. The van der Waals surface area contributed by atoms with Gasteiger partial charge in [-0.15, -0.1) is 6.42 Å². The van der Waals surface area contributed by atoms with Crippen molar-refractivity contribution in [2.75, 3.05) is 26.3 Å². The molecule has 1 aromatic rings. The van der Waals surface area contributed by atoms with Gasteiger partial charge >= 0.3 is 0 Å². The van der Waals surface area contributed by atoms with Crippen LogP contribution in [-0.2, 0) is 4.74 Å². The number of hydrogen-bond acceptors (Lipinski definition) is 2. The molecule has 0 saturated carbocycles. The molecule has 1 fully saturated rings. The highest BCUT2D eigenvalue weighted by Crippen LogP contribution is 2.20. The van der Waals surface area contributed by atoms with Crippen LogP contribution in [0.4, 0.5) is 0 Å². The molecule has 0 aromatic heterocycles. The van der Waals surface area contributed by atoms with Gasteiger partial charge in [-0.25, -0.2) is 0 Å². The number of piperidine rings is 1. The maximum absolute atomic E-state index is 12.5. The Morgan fingerprint density at radius 3 is 3.05 bits per heavy atom. The average molecular weight is 271 g/mol. The van der Waals surface area contributed by atoms with Crippen LogP contribution in [0.15, 0.2) is 24.3 Å². The quantitative estimate of drug-likeness (QED) is 0.622. The van der Waals surface area contributed by atoms with Crippen molar-refractivity contribution in [1.82, 2.24) is 4.90 Å². The zero-order valence-electron chi connectivity index (χ0n) is 12.0. The average Bonchev–Trinajstić information content (AvgIpc) is 2.48. The van der Waals surface area contributed by atoms with Gasteiger partial charge in [-0.3, -0.25) is 4.79 Å². The molecule has 2 rings (SSSR count). The lowest BCUT2D eigenvalue weighted by Gasteiger charge is -2.33. The number of carbonyl (C=O) groups is 1. The first-order valence-electron chi connectivity index (χ1n) is 7.08. The number of nitrogens with zero attached hydrogens (tertiary/aromatic N) is 1. The lowest BCUT2D eigenvalue weighted by molar-refractivity contribution is 0.0533. The van der Waals surface area contributed by atoms with Gasteiger partial charge in [0, 0.05) is 24.6 Å². The van der Waals surface area contributed by atoms with E-state index in [1.54, 1.807) is 0 Å². The van der Waals surface area contributed by atoms with Crippen molar-refractivity contribution < 1.29 is 9.53 Å². The van der Waals surface area contributed by atoms with Crippen molar-refractivity contribution in [3.8, 4) is 12.3 Å². The number of ether oxygens (including phenoxy) is 1. The molecular weight excluding hydrogens is 250 g/mol. The number of carbonyl (C=O) groups excluding carboxylic acids is 1.